The maximum absolute atomic E-state index is 6.15. The molecule has 1 fully saturated rings. The summed E-state index contributed by atoms with van der Waals surface area (Å²) in [5.41, 5.74) is 3.66. The van der Waals surface area contributed by atoms with E-state index in [1.165, 1.54) is 11.1 Å². The Labute approximate surface area is 143 Å². The lowest BCUT2D eigenvalue weighted by Crippen LogP contribution is -2.43. The van der Waals surface area contributed by atoms with E-state index in [9.17, 15) is 0 Å². The SMILES string of the molecule is Cc1ccc(CN2CCN(/N=C\c3ccccc3Cl)CC2)cc1. The zero-order valence-corrected chi connectivity index (χ0v) is 14.2. The second-order valence-electron chi connectivity index (χ2n) is 5.98. The van der Waals surface area contributed by atoms with E-state index in [-0.39, 0.29) is 0 Å². The largest absolute Gasteiger partial charge is 0.295 e. The minimum Gasteiger partial charge on any atom is -0.295 e. The molecule has 0 amide bonds. The van der Waals surface area contributed by atoms with Crippen LogP contribution < -0.4 is 0 Å². The van der Waals surface area contributed by atoms with Crippen molar-refractivity contribution in [2.24, 2.45) is 5.10 Å². The maximum atomic E-state index is 6.15. The Morgan fingerprint density at radius 3 is 2.39 bits per heavy atom. The van der Waals surface area contributed by atoms with E-state index in [0.717, 1.165) is 43.3 Å². The normalized spacial score (nSPS) is 16.2. The molecule has 1 aliphatic rings. The van der Waals surface area contributed by atoms with Gasteiger partial charge in [0.05, 0.1) is 6.21 Å². The highest BCUT2D eigenvalue weighted by Crippen LogP contribution is 2.13. The van der Waals surface area contributed by atoms with Crippen LogP contribution in [0.5, 0.6) is 0 Å². The molecule has 0 radical (unpaired) electrons. The summed E-state index contributed by atoms with van der Waals surface area (Å²) in [7, 11) is 0. The monoisotopic (exact) mass is 327 g/mol. The van der Waals surface area contributed by atoms with E-state index in [1.807, 2.05) is 30.5 Å². The van der Waals surface area contributed by atoms with Gasteiger partial charge in [0.2, 0.25) is 0 Å². The number of hydrogen-bond donors (Lipinski definition) is 0. The molecule has 0 atom stereocenters. The fourth-order valence-electron chi connectivity index (χ4n) is 2.69. The van der Waals surface area contributed by atoms with Crippen LogP contribution >= 0.6 is 11.6 Å². The third-order valence-corrected chi connectivity index (χ3v) is 4.49. The van der Waals surface area contributed by atoms with Crippen molar-refractivity contribution in [2.75, 3.05) is 26.2 Å². The van der Waals surface area contributed by atoms with Crippen LogP contribution in [0.3, 0.4) is 0 Å². The van der Waals surface area contributed by atoms with Gasteiger partial charge >= 0.3 is 0 Å². The van der Waals surface area contributed by atoms with E-state index >= 15 is 0 Å². The van der Waals surface area contributed by atoms with Gasteiger partial charge in [-0.2, -0.15) is 5.10 Å². The molecule has 0 aromatic heterocycles. The Morgan fingerprint density at radius 1 is 1.00 bits per heavy atom. The van der Waals surface area contributed by atoms with Crippen molar-refractivity contribution in [1.82, 2.24) is 9.91 Å². The Kier molecular flexibility index (Phi) is 5.31. The summed E-state index contributed by atoms with van der Waals surface area (Å²) in [4.78, 5) is 2.48. The van der Waals surface area contributed by atoms with Gasteiger partial charge in [0, 0.05) is 43.3 Å². The molecule has 2 aromatic carbocycles. The predicted molar refractivity (Wildman–Crippen MR) is 97.1 cm³/mol. The van der Waals surface area contributed by atoms with Crippen molar-refractivity contribution in [3.05, 3.63) is 70.2 Å². The van der Waals surface area contributed by atoms with Gasteiger partial charge in [-0.25, -0.2) is 0 Å². The number of aryl methyl sites for hydroxylation is 1. The molecule has 3 rings (SSSR count). The summed E-state index contributed by atoms with van der Waals surface area (Å²) in [6.07, 6.45) is 1.86. The van der Waals surface area contributed by atoms with Gasteiger partial charge in [-0.15, -0.1) is 0 Å². The molecule has 1 saturated heterocycles. The lowest BCUT2D eigenvalue weighted by Gasteiger charge is -2.33. The number of nitrogens with zero attached hydrogens (tertiary/aromatic N) is 3. The van der Waals surface area contributed by atoms with Crippen molar-refractivity contribution < 1.29 is 0 Å². The molecular formula is C19H22ClN3. The van der Waals surface area contributed by atoms with E-state index in [1.54, 1.807) is 0 Å². The lowest BCUT2D eigenvalue weighted by atomic mass is 10.1. The predicted octanol–water partition coefficient (Wildman–Crippen LogP) is 3.80. The number of hydrogen-bond acceptors (Lipinski definition) is 3. The maximum Gasteiger partial charge on any atom is 0.0557 e. The smallest absolute Gasteiger partial charge is 0.0557 e. The minimum atomic E-state index is 0.745. The van der Waals surface area contributed by atoms with Crippen molar-refractivity contribution >= 4 is 17.8 Å². The van der Waals surface area contributed by atoms with Crippen LogP contribution in [0.15, 0.2) is 53.6 Å². The van der Waals surface area contributed by atoms with Crippen molar-refractivity contribution in [2.45, 2.75) is 13.5 Å². The van der Waals surface area contributed by atoms with E-state index in [0.29, 0.717) is 0 Å². The average Bonchev–Trinajstić information content (AvgIpc) is 2.58. The van der Waals surface area contributed by atoms with Gasteiger partial charge in [-0.3, -0.25) is 9.91 Å². The zero-order valence-electron chi connectivity index (χ0n) is 13.5. The average molecular weight is 328 g/mol. The molecule has 23 heavy (non-hydrogen) atoms. The third kappa shape index (κ3) is 4.57. The second-order valence-corrected chi connectivity index (χ2v) is 6.39. The van der Waals surface area contributed by atoms with Gasteiger partial charge in [-0.05, 0) is 18.6 Å². The Morgan fingerprint density at radius 2 is 1.70 bits per heavy atom. The first kappa shape index (κ1) is 16.0. The van der Waals surface area contributed by atoms with Gasteiger partial charge in [0.1, 0.15) is 0 Å². The number of rotatable bonds is 4. The summed E-state index contributed by atoms with van der Waals surface area (Å²) in [6, 6.07) is 16.6. The Balaban J connectivity index is 1.50. The van der Waals surface area contributed by atoms with Crippen LogP contribution in [0.25, 0.3) is 0 Å². The Bertz CT molecular complexity index is 659. The first-order valence-corrected chi connectivity index (χ1v) is 8.40. The second kappa shape index (κ2) is 7.62. The van der Waals surface area contributed by atoms with Crippen LogP contribution in [0.1, 0.15) is 16.7 Å². The number of hydrazone groups is 1. The summed E-state index contributed by atoms with van der Waals surface area (Å²) in [5.74, 6) is 0. The van der Waals surface area contributed by atoms with Gasteiger partial charge < -0.3 is 0 Å². The molecular weight excluding hydrogens is 306 g/mol. The van der Waals surface area contributed by atoms with Crippen LogP contribution in [0, 0.1) is 6.92 Å². The fourth-order valence-corrected chi connectivity index (χ4v) is 2.87. The number of piperazine rings is 1. The zero-order chi connectivity index (χ0) is 16.1. The highest BCUT2D eigenvalue weighted by Gasteiger charge is 2.15. The molecule has 0 aliphatic carbocycles. The minimum absolute atomic E-state index is 0.745. The van der Waals surface area contributed by atoms with Crippen LogP contribution in [-0.4, -0.2) is 42.3 Å². The first-order valence-electron chi connectivity index (χ1n) is 8.02. The van der Waals surface area contributed by atoms with Crippen LogP contribution in [0.4, 0.5) is 0 Å². The summed E-state index contributed by atoms with van der Waals surface area (Å²) in [5, 5.41) is 7.43. The number of halogens is 1. The quantitative estimate of drug-likeness (QED) is 0.795. The molecule has 3 nitrogen and oxygen atoms in total. The molecule has 120 valence electrons. The molecule has 0 saturated carbocycles. The van der Waals surface area contributed by atoms with Crippen molar-refractivity contribution in [3.63, 3.8) is 0 Å². The van der Waals surface area contributed by atoms with Gasteiger partial charge in [0.25, 0.3) is 0 Å². The Hall–Kier alpha value is -1.84. The lowest BCUT2D eigenvalue weighted by molar-refractivity contribution is 0.131. The standard InChI is InChI=1S/C19H22ClN3/c1-16-6-8-17(9-7-16)15-22-10-12-23(13-11-22)21-14-18-4-2-3-5-19(18)20/h2-9,14H,10-13,15H2,1H3/b21-14-. The van der Waals surface area contributed by atoms with Crippen molar-refractivity contribution in [1.29, 1.82) is 0 Å². The topological polar surface area (TPSA) is 18.8 Å². The molecule has 0 spiro atoms. The van der Waals surface area contributed by atoms with E-state index < -0.39 is 0 Å². The van der Waals surface area contributed by atoms with E-state index in [2.05, 4.69) is 46.2 Å². The molecule has 2 aromatic rings. The molecule has 1 aliphatic heterocycles. The van der Waals surface area contributed by atoms with E-state index in [4.69, 9.17) is 11.6 Å². The summed E-state index contributed by atoms with van der Waals surface area (Å²) < 4.78 is 0. The van der Waals surface area contributed by atoms with Gasteiger partial charge in [0.15, 0.2) is 0 Å². The third-order valence-electron chi connectivity index (χ3n) is 4.14. The van der Waals surface area contributed by atoms with Crippen LogP contribution in [0.2, 0.25) is 5.02 Å². The highest BCUT2D eigenvalue weighted by atomic mass is 35.5. The fraction of sp³-hybridized carbons (Fsp3) is 0.316. The van der Waals surface area contributed by atoms with Crippen molar-refractivity contribution in [3.8, 4) is 0 Å². The van der Waals surface area contributed by atoms with Crippen LogP contribution in [-0.2, 0) is 6.54 Å². The van der Waals surface area contributed by atoms with Gasteiger partial charge in [-0.1, -0.05) is 59.6 Å². The highest BCUT2D eigenvalue weighted by molar-refractivity contribution is 6.33. The summed E-state index contributed by atoms with van der Waals surface area (Å²) >= 11 is 6.15. The molecule has 4 heteroatoms. The first-order chi connectivity index (χ1) is 11.2. The summed E-state index contributed by atoms with van der Waals surface area (Å²) in [6.45, 7) is 7.11. The molecule has 0 unspecified atom stereocenters. The molecule has 1 heterocycles. The number of benzene rings is 2. The molecule has 0 bridgehead atoms. The molecule has 0 N–H and O–H groups in total.